The molecule has 3 rings (SSSR count). The van der Waals surface area contributed by atoms with Gasteiger partial charge in [-0.15, -0.1) is 0 Å². The van der Waals surface area contributed by atoms with E-state index in [9.17, 15) is 9.90 Å². The molecule has 2 fully saturated rings. The van der Waals surface area contributed by atoms with E-state index in [1.165, 1.54) is 14.2 Å². The second-order valence-electron chi connectivity index (χ2n) is 11.8. The fraction of sp³-hybridized carbons (Fsp3) is 0.741. The second kappa shape index (κ2) is 11.4. The van der Waals surface area contributed by atoms with Gasteiger partial charge in [0.05, 0.1) is 26.4 Å². The summed E-state index contributed by atoms with van der Waals surface area (Å²) in [6.45, 7) is 14.9. The maximum absolute atomic E-state index is 12.9. The lowest BCUT2D eigenvalue weighted by Crippen LogP contribution is -2.64. The molecule has 0 aromatic heterocycles. The molecule has 0 bridgehead atoms. The molecular formula is C27H44O9Si. The van der Waals surface area contributed by atoms with Crippen LogP contribution in [0.1, 0.15) is 46.6 Å². The molecule has 0 aliphatic carbocycles. The first-order valence-corrected chi connectivity index (χ1v) is 15.7. The van der Waals surface area contributed by atoms with Crippen molar-refractivity contribution in [2.75, 3.05) is 20.8 Å². The Balaban J connectivity index is 1.89. The third-order valence-electron chi connectivity index (χ3n) is 7.61. The van der Waals surface area contributed by atoms with Crippen LogP contribution in [0.2, 0.25) is 18.1 Å². The molecule has 0 spiro atoms. The third-order valence-corrected chi connectivity index (χ3v) is 12.1. The molecule has 0 radical (unpaired) electrons. The van der Waals surface area contributed by atoms with Gasteiger partial charge in [-0.05, 0) is 37.5 Å². The smallest absolute Gasteiger partial charge is 0.366 e. The van der Waals surface area contributed by atoms with Crippen LogP contribution in [0.15, 0.2) is 30.3 Å². The lowest BCUT2D eigenvalue weighted by atomic mass is 9.90. The number of aliphatic hydroxyl groups is 1. The minimum Gasteiger partial charge on any atom is -0.465 e. The number of carbonyl (C=O) groups is 1. The van der Waals surface area contributed by atoms with Crippen molar-refractivity contribution in [2.24, 2.45) is 0 Å². The van der Waals surface area contributed by atoms with E-state index in [1.54, 1.807) is 13.8 Å². The second-order valence-corrected chi connectivity index (χ2v) is 16.6. The average Bonchev–Trinajstić information content (AvgIpc) is 3.16. The van der Waals surface area contributed by atoms with E-state index < -0.39 is 56.4 Å². The van der Waals surface area contributed by atoms with Gasteiger partial charge in [0.2, 0.25) is 0 Å². The Hall–Kier alpha value is -1.37. The molecule has 1 unspecified atom stereocenters. The highest BCUT2D eigenvalue weighted by Gasteiger charge is 2.59. The molecule has 2 heterocycles. The number of esters is 1. The fourth-order valence-corrected chi connectivity index (χ4v) is 5.42. The number of carbonyl (C=O) groups excluding carboxylic acids is 1. The van der Waals surface area contributed by atoms with Crippen LogP contribution in [0.25, 0.3) is 0 Å². The van der Waals surface area contributed by atoms with Crippen LogP contribution in [-0.4, -0.2) is 82.3 Å². The topological polar surface area (TPSA) is 102 Å². The molecule has 210 valence electrons. The molecule has 2 aliphatic rings. The Bertz CT molecular complexity index is 901. The highest BCUT2D eigenvalue weighted by Crippen LogP contribution is 2.42. The standard InChI is InChI=1S/C27H44O9Si/c1-25(2,3)37(8,9)33-17-20-22(35-26(4,5)34-20)23-21(28)19(32-16-18-13-11-10-12-14-18)15-27(31-7,36-23)24(29)30-6/h10-14,19-23,28H,15-17H2,1-9H3/t19-,20+,21-,22+,23?,27-/m0/s1. The van der Waals surface area contributed by atoms with Crippen molar-refractivity contribution in [3.05, 3.63) is 35.9 Å². The minimum atomic E-state index is -2.10. The molecular weight excluding hydrogens is 496 g/mol. The van der Waals surface area contributed by atoms with Gasteiger partial charge in [0.15, 0.2) is 14.1 Å². The summed E-state index contributed by atoms with van der Waals surface area (Å²) in [5, 5.41) is 11.5. The van der Waals surface area contributed by atoms with Gasteiger partial charge >= 0.3 is 5.97 Å². The van der Waals surface area contributed by atoms with Crippen LogP contribution in [0, 0.1) is 0 Å². The molecule has 1 N–H and O–H groups in total. The lowest BCUT2D eigenvalue weighted by molar-refractivity contribution is -0.325. The number of hydrogen-bond donors (Lipinski definition) is 1. The first-order valence-electron chi connectivity index (χ1n) is 12.8. The van der Waals surface area contributed by atoms with Gasteiger partial charge in [-0.3, -0.25) is 0 Å². The first kappa shape index (κ1) is 30.2. The third kappa shape index (κ3) is 6.80. The molecule has 1 aromatic rings. The molecule has 2 aliphatic heterocycles. The summed E-state index contributed by atoms with van der Waals surface area (Å²) in [6, 6.07) is 9.60. The molecule has 0 saturated carbocycles. The zero-order valence-electron chi connectivity index (χ0n) is 23.6. The molecule has 10 heteroatoms. The number of hydrogen-bond acceptors (Lipinski definition) is 9. The van der Waals surface area contributed by atoms with Crippen molar-refractivity contribution >= 4 is 14.3 Å². The maximum Gasteiger partial charge on any atom is 0.366 e. The van der Waals surface area contributed by atoms with Crippen molar-refractivity contribution in [1.82, 2.24) is 0 Å². The molecule has 0 amide bonds. The fourth-order valence-electron chi connectivity index (χ4n) is 4.41. The van der Waals surface area contributed by atoms with Crippen LogP contribution in [-0.2, 0) is 44.2 Å². The summed E-state index contributed by atoms with van der Waals surface area (Å²) in [7, 11) is 0.534. The van der Waals surface area contributed by atoms with Crippen molar-refractivity contribution in [1.29, 1.82) is 0 Å². The quantitative estimate of drug-likeness (QED) is 0.370. The van der Waals surface area contributed by atoms with Gasteiger partial charge in [-0.1, -0.05) is 51.1 Å². The largest absolute Gasteiger partial charge is 0.465 e. The Morgan fingerprint density at radius 3 is 2.30 bits per heavy atom. The number of benzene rings is 1. The Kier molecular flexibility index (Phi) is 9.29. The van der Waals surface area contributed by atoms with Gasteiger partial charge < -0.3 is 38.0 Å². The Morgan fingerprint density at radius 2 is 1.73 bits per heavy atom. The summed E-state index contributed by atoms with van der Waals surface area (Å²) in [4.78, 5) is 12.9. The predicted molar refractivity (Wildman–Crippen MR) is 139 cm³/mol. The van der Waals surface area contributed by atoms with E-state index in [0.717, 1.165) is 5.56 Å². The van der Waals surface area contributed by atoms with Gasteiger partial charge in [0.25, 0.3) is 5.79 Å². The van der Waals surface area contributed by atoms with E-state index >= 15 is 0 Å². The van der Waals surface area contributed by atoms with Crippen LogP contribution >= 0.6 is 0 Å². The molecule has 1 aromatic carbocycles. The summed E-state index contributed by atoms with van der Waals surface area (Å²) in [5.74, 6) is -3.44. The van der Waals surface area contributed by atoms with Crippen molar-refractivity contribution in [3.8, 4) is 0 Å². The number of rotatable bonds is 9. The molecule has 9 nitrogen and oxygen atoms in total. The van der Waals surface area contributed by atoms with Crippen LogP contribution in [0.4, 0.5) is 0 Å². The highest BCUT2D eigenvalue weighted by molar-refractivity contribution is 6.74. The van der Waals surface area contributed by atoms with E-state index in [2.05, 4.69) is 33.9 Å². The zero-order valence-corrected chi connectivity index (χ0v) is 24.6. The molecule has 6 atom stereocenters. The summed E-state index contributed by atoms with van der Waals surface area (Å²) in [5.41, 5.74) is 0.932. The van der Waals surface area contributed by atoms with Gasteiger partial charge in [0.1, 0.15) is 24.4 Å². The number of methoxy groups -OCH3 is 2. The van der Waals surface area contributed by atoms with E-state index in [0.29, 0.717) is 0 Å². The maximum atomic E-state index is 12.9. The number of ether oxygens (including phenoxy) is 6. The number of aliphatic hydroxyl groups excluding tert-OH is 1. The van der Waals surface area contributed by atoms with Gasteiger partial charge in [-0.25, -0.2) is 4.79 Å². The summed E-state index contributed by atoms with van der Waals surface area (Å²) in [6.07, 6.45) is -4.30. The van der Waals surface area contributed by atoms with Gasteiger partial charge in [-0.2, -0.15) is 0 Å². The predicted octanol–water partition coefficient (Wildman–Crippen LogP) is 3.78. The average molecular weight is 541 g/mol. The molecule has 2 saturated heterocycles. The minimum absolute atomic E-state index is 0.00475. The summed E-state index contributed by atoms with van der Waals surface area (Å²) >= 11 is 0. The molecule has 37 heavy (non-hydrogen) atoms. The Morgan fingerprint density at radius 1 is 1.08 bits per heavy atom. The van der Waals surface area contributed by atoms with E-state index in [-0.39, 0.29) is 24.7 Å². The van der Waals surface area contributed by atoms with E-state index in [1.807, 2.05) is 30.3 Å². The van der Waals surface area contributed by atoms with E-state index in [4.69, 9.17) is 32.8 Å². The lowest BCUT2D eigenvalue weighted by Gasteiger charge is -2.46. The van der Waals surface area contributed by atoms with Crippen LogP contribution < -0.4 is 0 Å². The first-order chi connectivity index (χ1) is 17.1. The van der Waals surface area contributed by atoms with Crippen molar-refractivity contribution < 1.29 is 42.7 Å². The monoisotopic (exact) mass is 540 g/mol. The van der Waals surface area contributed by atoms with Crippen molar-refractivity contribution in [2.45, 2.75) is 108 Å². The van der Waals surface area contributed by atoms with Crippen molar-refractivity contribution in [3.63, 3.8) is 0 Å². The highest BCUT2D eigenvalue weighted by atomic mass is 28.4. The van der Waals surface area contributed by atoms with Crippen LogP contribution in [0.3, 0.4) is 0 Å². The Labute approximate surface area is 221 Å². The normalized spacial score (nSPS) is 32.3. The zero-order chi connectivity index (χ0) is 27.6. The SMILES string of the molecule is COC(=O)[C@]1(OC)C[C@H](OCc2ccccc2)[C@H](O)C([C@@H]2OC(C)(C)O[C@@H]2CO[Si](C)(C)C(C)(C)C)O1. The van der Waals surface area contributed by atoms with Gasteiger partial charge in [0, 0.05) is 13.5 Å². The van der Waals surface area contributed by atoms with Crippen LogP contribution in [0.5, 0.6) is 0 Å². The summed E-state index contributed by atoms with van der Waals surface area (Å²) < 4.78 is 41.9.